The van der Waals surface area contributed by atoms with E-state index in [4.69, 9.17) is 0 Å². The van der Waals surface area contributed by atoms with Crippen LogP contribution in [0.5, 0.6) is 0 Å². The second-order valence-corrected chi connectivity index (χ2v) is 7.13. The topological polar surface area (TPSA) is 100 Å². The first-order valence-corrected chi connectivity index (χ1v) is 9.01. The third kappa shape index (κ3) is 3.28. The molecule has 0 radical (unpaired) electrons. The molecule has 0 aromatic carbocycles. The van der Waals surface area contributed by atoms with Crippen molar-refractivity contribution < 1.29 is 18.7 Å². The molecule has 2 aliphatic rings. The number of allylic oxidation sites excluding steroid dienone is 1. The molecule has 3 N–H and O–H groups in total. The number of aliphatic carboxylic acids is 1. The summed E-state index contributed by atoms with van der Waals surface area (Å²) in [5.41, 5.74) is 0.633. The van der Waals surface area contributed by atoms with E-state index in [1.54, 1.807) is 6.08 Å². The summed E-state index contributed by atoms with van der Waals surface area (Å²) in [7, 11) is 0. The van der Waals surface area contributed by atoms with Crippen LogP contribution in [-0.4, -0.2) is 38.6 Å². The first-order valence-electron chi connectivity index (χ1n) is 9.01. The summed E-state index contributed by atoms with van der Waals surface area (Å²) in [6.07, 6.45) is 6.50. The Labute approximate surface area is 159 Å². The van der Waals surface area contributed by atoms with E-state index in [0.717, 1.165) is 12.4 Å². The molecule has 0 bridgehead atoms. The van der Waals surface area contributed by atoms with E-state index in [1.165, 1.54) is 6.07 Å². The monoisotopic (exact) mass is 387 g/mol. The van der Waals surface area contributed by atoms with Gasteiger partial charge in [-0.2, -0.15) is 0 Å². The number of carboxylic acids is 1. The summed E-state index contributed by atoms with van der Waals surface area (Å²) in [4.78, 5) is 23.9. The van der Waals surface area contributed by atoms with Gasteiger partial charge in [-0.3, -0.25) is 4.79 Å². The molecule has 0 saturated heterocycles. The molecule has 1 aliphatic heterocycles. The highest BCUT2D eigenvalue weighted by Gasteiger charge is 2.35. The molecule has 4 rings (SSSR count). The Bertz CT molecular complexity index is 952. The average molecular weight is 387 g/mol. The molecule has 2 unspecified atom stereocenters. The van der Waals surface area contributed by atoms with Crippen molar-refractivity contribution >= 4 is 17.7 Å². The lowest BCUT2D eigenvalue weighted by atomic mass is 9.81. The van der Waals surface area contributed by atoms with E-state index in [2.05, 4.69) is 25.6 Å². The van der Waals surface area contributed by atoms with Crippen LogP contribution < -0.4 is 10.6 Å². The van der Waals surface area contributed by atoms with Gasteiger partial charge in [0.1, 0.15) is 11.6 Å². The normalized spacial score (nSPS) is 25.8. The summed E-state index contributed by atoms with van der Waals surface area (Å²) in [6.45, 7) is 2.20. The number of hydrogen-bond acceptors (Lipinski definition) is 6. The molecule has 2 aromatic rings. The van der Waals surface area contributed by atoms with Gasteiger partial charge in [0, 0.05) is 12.1 Å². The summed E-state index contributed by atoms with van der Waals surface area (Å²) < 4.78 is 28.1. The third-order valence-corrected chi connectivity index (χ3v) is 5.27. The Morgan fingerprint density at radius 2 is 2.14 bits per heavy atom. The summed E-state index contributed by atoms with van der Waals surface area (Å²) in [5.74, 6) is -2.63. The van der Waals surface area contributed by atoms with Gasteiger partial charge < -0.3 is 15.7 Å². The Hall–Kier alpha value is -3.10. The predicted octanol–water partition coefficient (Wildman–Crippen LogP) is 2.78. The summed E-state index contributed by atoms with van der Waals surface area (Å²) >= 11 is 0. The van der Waals surface area contributed by atoms with E-state index in [-0.39, 0.29) is 17.6 Å². The molecule has 0 amide bonds. The fourth-order valence-electron chi connectivity index (χ4n) is 3.86. The van der Waals surface area contributed by atoms with Crippen LogP contribution in [0.25, 0.3) is 0 Å². The lowest BCUT2D eigenvalue weighted by Gasteiger charge is -2.30. The number of carbonyl (C=O) groups is 1. The summed E-state index contributed by atoms with van der Waals surface area (Å²) in [5, 5.41) is 15.6. The number of hydrogen-bond donors (Lipinski definition) is 3. The molecular formula is C19H19F2N5O2. The van der Waals surface area contributed by atoms with Crippen molar-refractivity contribution in [2.75, 3.05) is 17.2 Å². The zero-order valence-corrected chi connectivity index (χ0v) is 15.1. The third-order valence-electron chi connectivity index (χ3n) is 5.27. The molecule has 0 saturated carbocycles. The number of carboxylic acid groups (broad SMARTS) is 1. The minimum absolute atomic E-state index is 0.0557. The van der Waals surface area contributed by atoms with Gasteiger partial charge in [0.25, 0.3) is 0 Å². The second kappa shape index (κ2) is 7.14. The zero-order valence-electron chi connectivity index (χ0n) is 15.1. The van der Waals surface area contributed by atoms with Crippen molar-refractivity contribution in [2.24, 2.45) is 11.8 Å². The van der Waals surface area contributed by atoms with Crippen molar-refractivity contribution in [3.05, 3.63) is 53.5 Å². The highest BCUT2D eigenvalue weighted by Crippen LogP contribution is 2.35. The predicted molar refractivity (Wildman–Crippen MR) is 98.0 cm³/mol. The fourth-order valence-corrected chi connectivity index (χ4v) is 3.86. The number of rotatable bonds is 4. The minimum atomic E-state index is -0.910. The molecule has 146 valence electrons. The van der Waals surface area contributed by atoms with Crippen LogP contribution in [0.1, 0.15) is 30.5 Å². The number of nitrogens with one attached hydrogen (secondary N) is 2. The lowest BCUT2D eigenvalue weighted by molar-refractivity contribution is -0.143. The highest BCUT2D eigenvalue weighted by atomic mass is 19.1. The van der Waals surface area contributed by atoms with E-state index in [1.807, 2.05) is 13.0 Å². The Morgan fingerprint density at radius 1 is 1.32 bits per heavy atom. The number of fused-ring (bicyclic) bond motifs is 1. The number of aromatic nitrogens is 3. The number of nitrogens with zero attached hydrogens (tertiary/aromatic N) is 3. The van der Waals surface area contributed by atoms with Crippen molar-refractivity contribution in [2.45, 2.75) is 25.3 Å². The maximum absolute atomic E-state index is 14.5. The van der Waals surface area contributed by atoms with Gasteiger partial charge in [-0.15, -0.1) is 0 Å². The van der Waals surface area contributed by atoms with Crippen molar-refractivity contribution in [1.29, 1.82) is 0 Å². The van der Waals surface area contributed by atoms with Crippen LogP contribution in [0, 0.1) is 23.5 Å². The molecule has 28 heavy (non-hydrogen) atoms. The van der Waals surface area contributed by atoms with Crippen LogP contribution in [0.15, 0.2) is 30.6 Å². The SMILES string of the molecule is CC1CC=C[C@@H](Nc2ncc(F)c(C3CNc4ncc(F)cc43)n2)[C@@H]1C(=O)O. The van der Waals surface area contributed by atoms with Gasteiger partial charge in [-0.05, 0) is 18.4 Å². The van der Waals surface area contributed by atoms with Gasteiger partial charge >= 0.3 is 5.97 Å². The molecule has 0 fully saturated rings. The largest absolute Gasteiger partial charge is 0.481 e. The molecule has 3 heterocycles. The Kier molecular flexibility index (Phi) is 4.66. The fraction of sp³-hybridized carbons (Fsp3) is 0.368. The van der Waals surface area contributed by atoms with E-state index in [9.17, 15) is 18.7 Å². The van der Waals surface area contributed by atoms with Crippen molar-refractivity contribution in [3.8, 4) is 0 Å². The van der Waals surface area contributed by atoms with Crippen molar-refractivity contribution in [1.82, 2.24) is 15.0 Å². The molecule has 0 spiro atoms. The molecule has 9 heteroatoms. The standard InChI is InChI=1S/C19H19F2N5O2/c1-9-3-2-4-14(15(9)18(27)28)25-19-24-8-13(21)16(26-19)12-7-23-17-11(12)5-10(20)6-22-17/h2,4-6,8-9,12,14-15H,3,7H2,1H3,(H,22,23)(H,27,28)(H,24,25,26)/t9?,12?,14-,15-/m1/s1. The van der Waals surface area contributed by atoms with Gasteiger partial charge in [0.05, 0.1) is 36.0 Å². The highest BCUT2D eigenvalue weighted by molar-refractivity contribution is 5.72. The summed E-state index contributed by atoms with van der Waals surface area (Å²) in [6, 6.07) is 0.806. The van der Waals surface area contributed by atoms with Gasteiger partial charge in [-0.1, -0.05) is 19.1 Å². The van der Waals surface area contributed by atoms with Crippen LogP contribution in [-0.2, 0) is 4.79 Å². The molecule has 2 aromatic heterocycles. The Balaban J connectivity index is 1.64. The van der Waals surface area contributed by atoms with Crippen LogP contribution >= 0.6 is 0 Å². The van der Waals surface area contributed by atoms with E-state index in [0.29, 0.717) is 24.3 Å². The maximum atomic E-state index is 14.5. The first kappa shape index (κ1) is 18.3. The first-order chi connectivity index (χ1) is 13.4. The Morgan fingerprint density at radius 3 is 2.93 bits per heavy atom. The van der Waals surface area contributed by atoms with E-state index >= 15 is 0 Å². The van der Waals surface area contributed by atoms with Crippen LogP contribution in [0.4, 0.5) is 20.5 Å². The molecule has 1 aliphatic carbocycles. The molecule has 4 atom stereocenters. The smallest absolute Gasteiger partial charge is 0.309 e. The molecular weight excluding hydrogens is 368 g/mol. The number of anilines is 2. The van der Waals surface area contributed by atoms with Crippen molar-refractivity contribution in [3.63, 3.8) is 0 Å². The lowest BCUT2D eigenvalue weighted by Crippen LogP contribution is -2.39. The number of halogens is 2. The molecule has 7 nitrogen and oxygen atoms in total. The average Bonchev–Trinajstić information content (AvgIpc) is 3.06. The quantitative estimate of drug-likeness (QED) is 0.694. The number of pyridine rings is 1. The van der Waals surface area contributed by atoms with Crippen LogP contribution in [0.3, 0.4) is 0 Å². The zero-order chi connectivity index (χ0) is 19.8. The maximum Gasteiger partial charge on any atom is 0.309 e. The van der Waals surface area contributed by atoms with E-state index < -0.39 is 35.5 Å². The minimum Gasteiger partial charge on any atom is -0.481 e. The second-order valence-electron chi connectivity index (χ2n) is 7.13. The van der Waals surface area contributed by atoms with Gasteiger partial charge in [0.2, 0.25) is 5.95 Å². The van der Waals surface area contributed by atoms with Gasteiger partial charge in [0.15, 0.2) is 5.82 Å². The van der Waals surface area contributed by atoms with Crippen LogP contribution in [0.2, 0.25) is 0 Å². The van der Waals surface area contributed by atoms with Gasteiger partial charge in [-0.25, -0.2) is 23.7 Å².